The molecule has 0 radical (unpaired) electrons. The Balaban J connectivity index is 3.43. The summed E-state index contributed by atoms with van der Waals surface area (Å²) < 4.78 is 32.5. The van der Waals surface area contributed by atoms with E-state index in [4.69, 9.17) is 4.74 Å². The highest BCUT2D eigenvalue weighted by molar-refractivity contribution is 7.90. The molecule has 1 aromatic carbocycles. The van der Waals surface area contributed by atoms with Crippen molar-refractivity contribution in [2.45, 2.75) is 11.0 Å². The molecule has 0 aliphatic rings. The number of para-hydroxylation sites is 1. The minimum Gasteiger partial charge on any atom is -0.495 e. The second kappa shape index (κ2) is 5.36. The van der Waals surface area contributed by atoms with Crippen molar-refractivity contribution >= 4 is 15.8 Å². The van der Waals surface area contributed by atoms with Crippen molar-refractivity contribution < 1.29 is 27.8 Å². The first kappa shape index (κ1) is 14.5. The van der Waals surface area contributed by atoms with Crippen LogP contribution in [0.4, 0.5) is 0 Å². The first-order valence-corrected chi connectivity index (χ1v) is 6.85. The van der Waals surface area contributed by atoms with Crippen LogP contribution in [-0.4, -0.2) is 40.0 Å². The summed E-state index contributed by atoms with van der Waals surface area (Å²) >= 11 is 0. The SMILES string of the molecule is COC(=O)C(O)c1cccc(S(C)(=O)=O)c1OC. The van der Waals surface area contributed by atoms with Gasteiger partial charge in [-0.2, -0.15) is 0 Å². The number of sulfone groups is 1. The van der Waals surface area contributed by atoms with Gasteiger partial charge in [-0.15, -0.1) is 0 Å². The molecule has 100 valence electrons. The summed E-state index contributed by atoms with van der Waals surface area (Å²) in [5.41, 5.74) is 0.0484. The summed E-state index contributed by atoms with van der Waals surface area (Å²) in [4.78, 5) is 11.2. The second-order valence-corrected chi connectivity index (χ2v) is 5.56. The number of ether oxygens (including phenoxy) is 2. The van der Waals surface area contributed by atoms with E-state index in [1.807, 2.05) is 0 Å². The van der Waals surface area contributed by atoms with Gasteiger partial charge in [-0.25, -0.2) is 13.2 Å². The third kappa shape index (κ3) is 2.80. The molecule has 0 aliphatic carbocycles. The van der Waals surface area contributed by atoms with Crippen molar-refractivity contribution in [3.05, 3.63) is 23.8 Å². The average Bonchev–Trinajstić information content (AvgIpc) is 2.34. The Morgan fingerprint density at radius 1 is 1.33 bits per heavy atom. The lowest BCUT2D eigenvalue weighted by molar-refractivity contribution is -0.150. The molecule has 1 unspecified atom stereocenters. The van der Waals surface area contributed by atoms with Gasteiger partial charge in [0.1, 0.15) is 10.6 Å². The van der Waals surface area contributed by atoms with Crippen LogP contribution in [0.3, 0.4) is 0 Å². The van der Waals surface area contributed by atoms with Crippen LogP contribution in [0, 0.1) is 0 Å². The molecule has 1 aromatic rings. The van der Waals surface area contributed by atoms with Gasteiger partial charge in [0.25, 0.3) is 0 Å². The van der Waals surface area contributed by atoms with Crippen LogP contribution in [0.2, 0.25) is 0 Å². The fourth-order valence-electron chi connectivity index (χ4n) is 1.50. The number of aliphatic hydroxyl groups excluding tert-OH is 1. The zero-order chi connectivity index (χ0) is 13.9. The Bertz CT molecular complexity index is 549. The highest BCUT2D eigenvalue weighted by Crippen LogP contribution is 2.32. The molecule has 0 aromatic heterocycles. The van der Waals surface area contributed by atoms with Gasteiger partial charge in [0.2, 0.25) is 0 Å². The van der Waals surface area contributed by atoms with E-state index in [1.165, 1.54) is 25.3 Å². The molecule has 0 bridgehead atoms. The molecule has 1 atom stereocenters. The molecule has 7 heteroatoms. The average molecular weight is 274 g/mol. The Hall–Kier alpha value is -1.60. The molecule has 18 heavy (non-hydrogen) atoms. The van der Waals surface area contributed by atoms with E-state index in [-0.39, 0.29) is 16.2 Å². The molecular weight excluding hydrogens is 260 g/mol. The van der Waals surface area contributed by atoms with Crippen molar-refractivity contribution in [3.8, 4) is 5.75 Å². The molecular formula is C11H14O6S. The van der Waals surface area contributed by atoms with Crippen molar-refractivity contribution in [2.75, 3.05) is 20.5 Å². The van der Waals surface area contributed by atoms with E-state index in [1.54, 1.807) is 0 Å². The first-order chi connectivity index (χ1) is 8.32. The predicted octanol–water partition coefficient (Wildman–Crippen LogP) is 0.305. The lowest BCUT2D eigenvalue weighted by atomic mass is 10.1. The first-order valence-electron chi connectivity index (χ1n) is 4.95. The number of carbonyl (C=O) groups is 1. The fraction of sp³-hybridized carbons (Fsp3) is 0.364. The number of esters is 1. The molecule has 0 aliphatic heterocycles. The van der Waals surface area contributed by atoms with Gasteiger partial charge in [0, 0.05) is 11.8 Å². The highest BCUT2D eigenvalue weighted by Gasteiger charge is 2.26. The monoisotopic (exact) mass is 274 g/mol. The van der Waals surface area contributed by atoms with Gasteiger partial charge < -0.3 is 14.6 Å². The summed E-state index contributed by atoms with van der Waals surface area (Å²) in [5.74, 6) is -0.947. The number of aliphatic hydroxyl groups is 1. The van der Waals surface area contributed by atoms with E-state index in [0.717, 1.165) is 13.4 Å². The van der Waals surface area contributed by atoms with Crippen LogP contribution in [0.25, 0.3) is 0 Å². The van der Waals surface area contributed by atoms with Gasteiger partial charge >= 0.3 is 5.97 Å². The molecule has 0 heterocycles. The minimum atomic E-state index is -3.52. The number of hydrogen-bond acceptors (Lipinski definition) is 6. The summed E-state index contributed by atoms with van der Waals surface area (Å²) in [6.45, 7) is 0. The summed E-state index contributed by atoms with van der Waals surface area (Å²) in [6.07, 6.45) is -0.578. The highest BCUT2D eigenvalue weighted by atomic mass is 32.2. The predicted molar refractivity (Wildman–Crippen MR) is 63.1 cm³/mol. The van der Waals surface area contributed by atoms with Crippen molar-refractivity contribution in [1.82, 2.24) is 0 Å². The smallest absolute Gasteiger partial charge is 0.339 e. The van der Waals surface area contributed by atoms with Crippen LogP contribution < -0.4 is 4.74 Å². The summed E-state index contributed by atoms with van der Waals surface area (Å²) in [7, 11) is -1.14. The van der Waals surface area contributed by atoms with Gasteiger partial charge in [-0.05, 0) is 6.07 Å². The number of carbonyl (C=O) groups excluding carboxylic acids is 1. The molecule has 0 amide bonds. The number of hydrogen-bond donors (Lipinski definition) is 1. The summed E-state index contributed by atoms with van der Waals surface area (Å²) in [6, 6.07) is 4.15. The summed E-state index contributed by atoms with van der Waals surface area (Å²) in [5, 5.41) is 9.74. The molecule has 0 saturated heterocycles. The van der Waals surface area contributed by atoms with Gasteiger partial charge in [0.05, 0.1) is 14.2 Å². The molecule has 0 fully saturated rings. The molecule has 0 spiro atoms. The van der Waals surface area contributed by atoms with Crippen molar-refractivity contribution in [3.63, 3.8) is 0 Å². The molecule has 6 nitrogen and oxygen atoms in total. The van der Waals surface area contributed by atoms with E-state index < -0.39 is 21.9 Å². The topological polar surface area (TPSA) is 89.9 Å². The zero-order valence-corrected chi connectivity index (χ0v) is 11.0. The van der Waals surface area contributed by atoms with Crippen molar-refractivity contribution in [1.29, 1.82) is 0 Å². The molecule has 0 saturated carbocycles. The Morgan fingerprint density at radius 2 is 1.94 bits per heavy atom. The van der Waals surface area contributed by atoms with E-state index in [0.29, 0.717) is 0 Å². The maximum Gasteiger partial charge on any atom is 0.339 e. The molecule has 1 rings (SSSR count). The van der Waals surface area contributed by atoms with Crippen LogP contribution in [0.5, 0.6) is 5.75 Å². The lowest BCUT2D eigenvalue weighted by Gasteiger charge is -2.15. The number of benzene rings is 1. The van der Waals surface area contributed by atoms with Gasteiger partial charge in [-0.3, -0.25) is 0 Å². The normalized spacial score (nSPS) is 12.9. The van der Waals surface area contributed by atoms with Crippen LogP contribution >= 0.6 is 0 Å². The quantitative estimate of drug-likeness (QED) is 0.794. The van der Waals surface area contributed by atoms with E-state index >= 15 is 0 Å². The maximum atomic E-state index is 11.5. The Labute approximate surface area is 105 Å². The van der Waals surface area contributed by atoms with Crippen LogP contribution in [-0.2, 0) is 19.4 Å². The van der Waals surface area contributed by atoms with Gasteiger partial charge in [0.15, 0.2) is 15.9 Å². The maximum absolute atomic E-state index is 11.5. The van der Waals surface area contributed by atoms with Crippen LogP contribution in [0.1, 0.15) is 11.7 Å². The van der Waals surface area contributed by atoms with E-state index in [2.05, 4.69) is 4.74 Å². The Kier molecular flexibility index (Phi) is 4.31. The fourth-order valence-corrected chi connectivity index (χ4v) is 2.36. The van der Waals surface area contributed by atoms with Gasteiger partial charge in [-0.1, -0.05) is 12.1 Å². The zero-order valence-electron chi connectivity index (χ0n) is 10.2. The number of methoxy groups -OCH3 is 2. The standard InChI is InChI=1S/C11H14O6S/c1-16-10-7(9(12)11(13)17-2)5-4-6-8(10)18(3,14)15/h4-6,9,12H,1-3H3. The van der Waals surface area contributed by atoms with E-state index in [9.17, 15) is 18.3 Å². The second-order valence-electron chi connectivity index (χ2n) is 3.58. The largest absolute Gasteiger partial charge is 0.495 e. The minimum absolute atomic E-state index is 0.0484. The van der Waals surface area contributed by atoms with Crippen molar-refractivity contribution in [2.24, 2.45) is 0 Å². The third-order valence-electron chi connectivity index (χ3n) is 2.33. The molecule has 1 N–H and O–H groups in total. The third-order valence-corrected chi connectivity index (χ3v) is 3.45. The Morgan fingerprint density at radius 3 is 2.39 bits per heavy atom. The lowest BCUT2D eigenvalue weighted by Crippen LogP contribution is -2.15. The van der Waals surface area contributed by atoms with Crippen LogP contribution in [0.15, 0.2) is 23.1 Å². The number of rotatable bonds is 4.